The fraction of sp³-hybridized carbons (Fsp3) is 0.571. The van der Waals surface area contributed by atoms with Crippen molar-refractivity contribution in [2.24, 2.45) is 0 Å². The fourth-order valence-electron chi connectivity index (χ4n) is 1.74. The highest BCUT2D eigenvalue weighted by Gasteiger charge is 2.13. The highest BCUT2D eigenvalue weighted by molar-refractivity contribution is 5.46. The fourth-order valence-corrected chi connectivity index (χ4v) is 1.74. The summed E-state index contributed by atoms with van der Waals surface area (Å²) in [6, 6.07) is 5.61. The normalized spacial score (nSPS) is 12.7. The lowest BCUT2D eigenvalue weighted by atomic mass is 10.3. The molecule has 0 amide bonds. The van der Waals surface area contributed by atoms with Gasteiger partial charge in [0.2, 0.25) is 6.79 Å². The zero-order valence-electron chi connectivity index (χ0n) is 11.3. The Kier molecular flexibility index (Phi) is 5.78. The summed E-state index contributed by atoms with van der Waals surface area (Å²) in [5, 5.41) is 3.21. The molecule has 0 saturated carbocycles. The van der Waals surface area contributed by atoms with E-state index in [4.69, 9.17) is 18.9 Å². The first kappa shape index (κ1) is 14.0. The lowest BCUT2D eigenvalue weighted by Crippen LogP contribution is -2.19. The first-order valence-corrected chi connectivity index (χ1v) is 6.71. The number of hydrogen-bond acceptors (Lipinski definition) is 5. The summed E-state index contributed by atoms with van der Waals surface area (Å²) in [6.45, 7) is 6.36. The van der Waals surface area contributed by atoms with Gasteiger partial charge in [0, 0.05) is 25.6 Å². The van der Waals surface area contributed by atoms with E-state index in [1.54, 1.807) is 0 Å². The predicted molar refractivity (Wildman–Crippen MR) is 72.0 cm³/mol. The molecule has 106 valence electrons. The van der Waals surface area contributed by atoms with Gasteiger partial charge < -0.3 is 24.3 Å². The van der Waals surface area contributed by atoms with Gasteiger partial charge in [-0.15, -0.1) is 0 Å². The van der Waals surface area contributed by atoms with Crippen molar-refractivity contribution in [1.82, 2.24) is 5.32 Å². The van der Waals surface area contributed by atoms with E-state index in [0.717, 1.165) is 50.0 Å². The van der Waals surface area contributed by atoms with Crippen LogP contribution in [0.2, 0.25) is 0 Å². The number of hydrogen-bond donors (Lipinski definition) is 1. The Balaban J connectivity index is 1.56. The van der Waals surface area contributed by atoms with E-state index >= 15 is 0 Å². The van der Waals surface area contributed by atoms with E-state index in [-0.39, 0.29) is 0 Å². The average Bonchev–Trinajstić information content (AvgIpc) is 2.89. The third-order valence-electron chi connectivity index (χ3n) is 2.72. The molecule has 1 aliphatic heterocycles. The largest absolute Gasteiger partial charge is 0.493 e. The van der Waals surface area contributed by atoms with Crippen molar-refractivity contribution < 1.29 is 18.9 Å². The first-order valence-electron chi connectivity index (χ1n) is 6.71. The number of benzene rings is 1. The number of nitrogens with one attached hydrogen (secondary N) is 1. The number of fused-ring (bicyclic) bond motifs is 1. The molecule has 0 bridgehead atoms. The SMILES string of the molecule is CCNCCOCCCOc1ccc2c(c1)OCO2. The van der Waals surface area contributed by atoms with Crippen LogP contribution >= 0.6 is 0 Å². The van der Waals surface area contributed by atoms with E-state index in [2.05, 4.69) is 12.2 Å². The van der Waals surface area contributed by atoms with Crippen molar-refractivity contribution in [3.8, 4) is 17.2 Å². The van der Waals surface area contributed by atoms with E-state index < -0.39 is 0 Å². The molecule has 0 spiro atoms. The molecular formula is C14H21NO4. The van der Waals surface area contributed by atoms with Crippen LogP contribution < -0.4 is 19.5 Å². The van der Waals surface area contributed by atoms with Crippen molar-refractivity contribution >= 4 is 0 Å². The second kappa shape index (κ2) is 7.86. The van der Waals surface area contributed by atoms with Gasteiger partial charge in [0.05, 0.1) is 13.2 Å². The number of ether oxygens (including phenoxy) is 4. The molecule has 0 fully saturated rings. The summed E-state index contributed by atoms with van der Waals surface area (Å²) >= 11 is 0. The van der Waals surface area contributed by atoms with Crippen LogP contribution in [0.15, 0.2) is 18.2 Å². The van der Waals surface area contributed by atoms with Crippen LogP contribution in [0.3, 0.4) is 0 Å². The molecule has 1 aliphatic rings. The molecule has 0 unspecified atom stereocenters. The van der Waals surface area contributed by atoms with Crippen molar-refractivity contribution in [2.45, 2.75) is 13.3 Å². The van der Waals surface area contributed by atoms with Crippen LogP contribution in [0.5, 0.6) is 17.2 Å². The zero-order valence-corrected chi connectivity index (χ0v) is 11.3. The first-order chi connectivity index (χ1) is 9.40. The molecule has 0 aromatic heterocycles. The maximum Gasteiger partial charge on any atom is 0.231 e. The molecule has 5 heteroatoms. The molecule has 1 N–H and O–H groups in total. The number of rotatable bonds is 9. The molecule has 1 heterocycles. The highest BCUT2D eigenvalue weighted by Crippen LogP contribution is 2.34. The summed E-state index contributed by atoms with van der Waals surface area (Å²) in [5.74, 6) is 2.33. The second-order valence-corrected chi connectivity index (χ2v) is 4.18. The maximum absolute atomic E-state index is 5.63. The van der Waals surface area contributed by atoms with Crippen LogP contribution in [0, 0.1) is 0 Å². The Labute approximate surface area is 113 Å². The van der Waals surface area contributed by atoms with Gasteiger partial charge in [0.1, 0.15) is 5.75 Å². The van der Waals surface area contributed by atoms with Crippen LogP contribution in [-0.2, 0) is 4.74 Å². The smallest absolute Gasteiger partial charge is 0.231 e. The Morgan fingerprint density at radius 1 is 1.16 bits per heavy atom. The van der Waals surface area contributed by atoms with Crippen molar-refractivity contribution in [2.75, 3.05) is 39.7 Å². The molecule has 2 rings (SSSR count). The average molecular weight is 267 g/mol. The summed E-state index contributed by atoms with van der Waals surface area (Å²) < 4.78 is 21.6. The molecule has 1 aromatic rings. The minimum atomic E-state index is 0.290. The summed E-state index contributed by atoms with van der Waals surface area (Å²) in [7, 11) is 0. The molecular weight excluding hydrogens is 246 g/mol. The summed E-state index contributed by atoms with van der Waals surface area (Å²) in [5.41, 5.74) is 0. The van der Waals surface area contributed by atoms with E-state index in [0.29, 0.717) is 13.4 Å². The maximum atomic E-state index is 5.63. The summed E-state index contributed by atoms with van der Waals surface area (Å²) in [4.78, 5) is 0. The molecule has 0 radical (unpaired) electrons. The molecule has 19 heavy (non-hydrogen) atoms. The molecule has 0 saturated heterocycles. The van der Waals surface area contributed by atoms with E-state index in [9.17, 15) is 0 Å². The van der Waals surface area contributed by atoms with Crippen LogP contribution in [-0.4, -0.2) is 39.7 Å². The zero-order chi connectivity index (χ0) is 13.3. The molecule has 5 nitrogen and oxygen atoms in total. The van der Waals surface area contributed by atoms with Gasteiger partial charge in [-0.2, -0.15) is 0 Å². The van der Waals surface area contributed by atoms with Crippen molar-refractivity contribution in [3.05, 3.63) is 18.2 Å². The number of likely N-dealkylation sites (N-methyl/N-ethyl adjacent to an activating group) is 1. The predicted octanol–water partition coefficient (Wildman–Crippen LogP) is 1.81. The topological polar surface area (TPSA) is 49.0 Å². The van der Waals surface area contributed by atoms with Crippen molar-refractivity contribution in [3.63, 3.8) is 0 Å². The third kappa shape index (κ3) is 4.61. The van der Waals surface area contributed by atoms with Gasteiger partial charge in [-0.1, -0.05) is 6.92 Å². The van der Waals surface area contributed by atoms with E-state index in [1.807, 2.05) is 18.2 Å². The third-order valence-corrected chi connectivity index (χ3v) is 2.72. The van der Waals surface area contributed by atoms with Gasteiger partial charge in [-0.05, 0) is 18.7 Å². The van der Waals surface area contributed by atoms with Gasteiger partial charge >= 0.3 is 0 Å². The Morgan fingerprint density at radius 2 is 2.05 bits per heavy atom. The van der Waals surface area contributed by atoms with Gasteiger partial charge in [0.25, 0.3) is 0 Å². The second-order valence-electron chi connectivity index (χ2n) is 4.18. The Hall–Kier alpha value is -1.46. The van der Waals surface area contributed by atoms with Crippen LogP contribution in [0.1, 0.15) is 13.3 Å². The van der Waals surface area contributed by atoms with Crippen molar-refractivity contribution in [1.29, 1.82) is 0 Å². The van der Waals surface area contributed by atoms with Crippen LogP contribution in [0.25, 0.3) is 0 Å². The van der Waals surface area contributed by atoms with Crippen LogP contribution in [0.4, 0.5) is 0 Å². The van der Waals surface area contributed by atoms with E-state index in [1.165, 1.54) is 0 Å². The van der Waals surface area contributed by atoms with Gasteiger partial charge in [0.15, 0.2) is 11.5 Å². The molecule has 0 atom stereocenters. The van der Waals surface area contributed by atoms with Gasteiger partial charge in [-0.3, -0.25) is 0 Å². The quantitative estimate of drug-likeness (QED) is 0.691. The minimum absolute atomic E-state index is 0.290. The molecule has 0 aliphatic carbocycles. The lowest BCUT2D eigenvalue weighted by Gasteiger charge is -2.07. The standard InChI is InChI=1S/C14H21NO4/c1-2-15-6-9-16-7-3-8-17-12-4-5-13-14(10-12)19-11-18-13/h4-5,10,15H,2-3,6-9,11H2,1H3. The Morgan fingerprint density at radius 3 is 2.95 bits per heavy atom. The summed E-state index contributed by atoms with van der Waals surface area (Å²) in [6.07, 6.45) is 0.876. The lowest BCUT2D eigenvalue weighted by molar-refractivity contribution is 0.121. The van der Waals surface area contributed by atoms with Gasteiger partial charge in [-0.25, -0.2) is 0 Å². The Bertz CT molecular complexity index is 384. The highest BCUT2D eigenvalue weighted by atomic mass is 16.7. The molecule has 1 aromatic carbocycles. The minimum Gasteiger partial charge on any atom is -0.493 e. The monoisotopic (exact) mass is 267 g/mol.